The quantitative estimate of drug-likeness (QED) is 0.119. The summed E-state index contributed by atoms with van der Waals surface area (Å²) in [4.78, 5) is 5.20. The number of hydrogen-bond acceptors (Lipinski definition) is 1. The monoisotopic (exact) mass is 706 g/mol. The molecule has 8 aromatic carbocycles. The molecule has 2 heterocycles. The van der Waals surface area contributed by atoms with Gasteiger partial charge in [-0.1, -0.05) is 188 Å². The predicted octanol–water partition coefficient (Wildman–Crippen LogP) is 9.50. The molecule has 1 aromatic heterocycles. The van der Waals surface area contributed by atoms with Crippen molar-refractivity contribution in [2.75, 3.05) is 0 Å². The molecule has 54 heavy (non-hydrogen) atoms. The third kappa shape index (κ3) is 5.44. The average Bonchev–Trinajstić information content (AvgIpc) is 3.64. The number of rotatable bonds is 7. The van der Waals surface area contributed by atoms with E-state index in [0.29, 0.717) is 0 Å². The third-order valence-corrected chi connectivity index (χ3v) is 15.9. The van der Waals surface area contributed by atoms with E-state index < -0.39 is 8.07 Å². The van der Waals surface area contributed by atoms with Crippen LogP contribution in [0.5, 0.6) is 0 Å². The van der Waals surface area contributed by atoms with Gasteiger partial charge in [-0.05, 0) is 84.3 Å². The summed E-state index contributed by atoms with van der Waals surface area (Å²) in [5.41, 5.74) is 12.1. The van der Waals surface area contributed by atoms with Crippen molar-refractivity contribution in [1.29, 1.82) is 0 Å². The highest BCUT2D eigenvalue weighted by Gasteiger charge is 2.42. The number of aromatic nitrogens is 2. The lowest BCUT2D eigenvalue weighted by molar-refractivity contribution is 0.789. The van der Waals surface area contributed by atoms with E-state index in [1.54, 1.807) is 0 Å². The summed E-state index contributed by atoms with van der Waals surface area (Å²) >= 11 is 0. The van der Waals surface area contributed by atoms with Crippen LogP contribution in [-0.4, -0.2) is 17.6 Å². The number of benzene rings is 8. The first kappa shape index (κ1) is 32.1. The molecule has 0 bridgehead atoms. The lowest BCUT2D eigenvalue weighted by atomic mass is 10.0. The SMILES string of the molecule is c1ccc(-c2cccc([Si](c3ccccc3)(c3cccc(-c4ccccc4)c3)c3cccc(-c4ccc5c(c4)nc4n5-c5ccccc5CC4)c3)c2)cc1. The van der Waals surface area contributed by atoms with Crippen LogP contribution in [-0.2, 0) is 12.8 Å². The molecule has 0 spiro atoms. The van der Waals surface area contributed by atoms with Crippen molar-refractivity contribution in [2.45, 2.75) is 12.8 Å². The van der Waals surface area contributed by atoms with Crippen LogP contribution in [0, 0.1) is 0 Å². The Morgan fingerprint density at radius 1 is 0.370 bits per heavy atom. The second-order valence-electron chi connectivity index (χ2n) is 14.3. The summed E-state index contributed by atoms with van der Waals surface area (Å²) in [7, 11) is -2.91. The fourth-order valence-electron chi connectivity index (χ4n) is 8.68. The molecule has 0 radical (unpaired) electrons. The zero-order chi connectivity index (χ0) is 35.9. The maximum atomic E-state index is 5.20. The van der Waals surface area contributed by atoms with Crippen molar-refractivity contribution in [3.8, 4) is 39.1 Å². The fourth-order valence-corrected chi connectivity index (χ4v) is 13.5. The van der Waals surface area contributed by atoms with Crippen LogP contribution in [0.4, 0.5) is 0 Å². The van der Waals surface area contributed by atoms with Gasteiger partial charge < -0.3 is 0 Å². The molecule has 256 valence electrons. The number of nitrogens with zero attached hydrogens (tertiary/aromatic N) is 2. The molecule has 0 saturated carbocycles. The van der Waals surface area contributed by atoms with Gasteiger partial charge in [0.15, 0.2) is 8.07 Å². The highest BCUT2D eigenvalue weighted by Crippen LogP contribution is 2.32. The van der Waals surface area contributed by atoms with E-state index in [1.807, 2.05) is 0 Å². The lowest BCUT2D eigenvalue weighted by Gasteiger charge is -2.35. The summed E-state index contributed by atoms with van der Waals surface area (Å²) in [6, 6.07) is 76.4. The summed E-state index contributed by atoms with van der Waals surface area (Å²) < 4.78 is 2.36. The van der Waals surface area contributed by atoms with Gasteiger partial charge in [-0.25, -0.2) is 4.98 Å². The Morgan fingerprint density at radius 2 is 0.833 bits per heavy atom. The molecule has 2 nitrogen and oxygen atoms in total. The standard InChI is InChI=1S/C51H38N2Si/c1-4-15-37(16-5-1)40-20-12-25-45(33-40)54(44-23-8-3-9-24-44,46-26-13-21-41(34-46)38-17-6-2-7-18-38)47-27-14-22-42(35-47)43-29-31-50-48(36-43)52-51-32-30-39-19-10-11-28-49(39)53(50)51/h1-29,31,33-36H,30,32H2. The lowest BCUT2D eigenvalue weighted by Crippen LogP contribution is -2.74. The minimum atomic E-state index is -2.91. The smallest absolute Gasteiger partial charge is 0.179 e. The molecule has 1 aliphatic rings. The molecule has 9 aromatic rings. The Balaban J connectivity index is 1.20. The van der Waals surface area contributed by atoms with Crippen molar-refractivity contribution in [3.05, 3.63) is 218 Å². The molecule has 0 saturated heterocycles. The van der Waals surface area contributed by atoms with Gasteiger partial charge in [0.05, 0.1) is 16.7 Å². The fraction of sp³-hybridized carbons (Fsp3) is 0.0392. The molecule has 1 aliphatic heterocycles. The Hall–Kier alpha value is -6.55. The molecule has 0 aliphatic carbocycles. The van der Waals surface area contributed by atoms with Crippen molar-refractivity contribution in [2.24, 2.45) is 0 Å². The normalized spacial score (nSPS) is 12.3. The van der Waals surface area contributed by atoms with E-state index in [0.717, 1.165) is 24.2 Å². The van der Waals surface area contributed by atoms with E-state index in [2.05, 4.69) is 211 Å². The molecule has 10 rings (SSSR count). The Bertz CT molecular complexity index is 2690. The zero-order valence-corrected chi connectivity index (χ0v) is 30.9. The Morgan fingerprint density at radius 3 is 1.43 bits per heavy atom. The number of hydrogen-bond donors (Lipinski definition) is 0. The van der Waals surface area contributed by atoms with Gasteiger partial charge in [-0.2, -0.15) is 0 Å². The van der Waals surface area contributed by atoms with E-state index >= 15 is 0 Å². The Kier molecular flexibility index (Phi) is 8.00. The number of para-hydroxylation sites is 1. The van der Waals surface area contributed by atoms with Gasteiger partial charge in [0.1, 0.15) is 5.82 Å². The summed E-state index contributed by atoms with van der Waals surface area (Å²) in [5, 5.41) is 5.41. The van der Waals surface area contributed by atoms with Crippen LogP contribution in [0.3, 0.4) is 0 Å². The molecular weight excluding hydrogens is 669 g/mol. The van der Waals surface area contributed by atoms with Crippen molar-refractivity contribution in [3.63, 3.8) is 0 Å². The topological polar surface area (TPSA) is 17.8 Å². The maximum absolute atomic E-state index is 5.20. The summed E-state index contributed by atoms with van der Waals surface area (Å²) in [6.45, 7) is 0. The van der Waals surface area contributed by atoms with Crippen molar-refractivity contribution < 1.29 is 0 Å². The van der Waals surface area contributed by atoms with Crippen LogP contribution < -0.4 is 20.7 Å². The number of fused-ring (bicyclic) bond motifs is 5. The predicted molar refractivity (Wildman–Crippen MR) is 228 cm³/mol. The van der Waals surface area contributed by atoms with Gasteiger partial charge in [0.2, 0.25) is 0 Å². The van der Waals surface area contributed by atoms with Crippen molar-refractivity contribution >= 4 is 39.9 Å². The third-order valence-electron chi connectivity index (χ3n) is 11.2. The maximum Gasteiger partial charge on any atom is 0.179 e. The van der Waals surface area contributed by atoms with Gasteiger partial charge in [-0.15, -0.1) is 0 Å². The molecular formula is C51H38N2Si. The van der Waals surface area contributed by atoms with Gasteiger partial charge in [0, 0.05) is 6.42 Å². The van der Waals surface area contributed by atoms with E-state index in [9.17, 15) is 0 Å². The van der Waals surface area contributed by atoms with Gasteiger partial charge in [0.25, 0.3) is 0 Å². The highest BCUT2D eigenvalue weighted by molar-refractivity contribution is 7.20. The van der Waals surface area contributed by atoms with E-state index in [-0.39, 0.29) is 0 Å². The van der Waals surface area contributed by atoms with E-state index in [1.165, 1.54) is 70.9 Å². The highest BCUT2D eigenvalue weighted by atomic mass is 28.3. The zero-order valence-electron chi connectivity index (χ0n) is 29.9. The van der Waals surface area contributed by atoms with Crippen molar-refractivity contribution in [1.82, 2.24) is 9.55 Å². The van der Waals surface area contributed by atoms with Crippen LogP contribution in [0.2, 0.25) is 0 Å². The van der Waals surface area contributed by atoms with Crippen LogP contribution in [0.1, 0.15) is 11.4 Å². The molecule has 0 N–H and O–H groups in total. The second-order valence-corrected chi connectivity index (χ2v) is 18.1. The Labute approximate surface area is 317 Å². The first-order chi connectivity index (χ1) is 26.8. The summed E-state index contributed by atoms with van der Waals surface area (Å²) in [6.07, 6.45) is 1.98. The largest absolute Gasteiger partial charge is 0.296 e. The molecule has 0 fully saturated rings. The molecule has 0 atom stereocenters. The van der Waals surface area contributed by atoms with Gasteiger partial charge >= 0.3 is 0 Å². The minimum absolute atomic E-state index is 0.950. The first-order valence-corrected chi connectivity index (χ1v) is 20.8. The van der Waals surface area contributed by atoms with Crippen LogP contribution >= 0.6 is 0 Å². The number of aryl methyl sites for hydroxylation is 2. The second kappa shape index (κ2) is 13.5. The van der Waals surface area contributed by atoms with Crippen LogP contribution in [0.25, 0.3) is 50.1 Å². The number of imidazole rings is 1. The summed E-state index contributed by atoms with van der Waals surface area (Å²) in [5.74, 6) is 1.14. The molecule has 3 heteroatoms. The minimum Gasteiger partial charge on any atom is -0.296 e. The average molecular weight is 707 g/mol. The van der Waals surface area contributed by atoms with Crippen LogP contribution in [0.15, 0.2) is 206 Å². The molecule has 0 amide bonds. The molecule has 0 unspecified atom stereocenters. The first-order valence-electron chi connectivity index (χ1n) is 18.8. The van der Waals surface area contributed by atoms with E-state index in [4.69, 9.17) is 4.98 Å². The van der Waals surface area contributed by atoms with Gasteiger partial charge in [-0.3, -0.25) is 4.57 Å².